The number of carbonyl (C=O) groups excluding carboxylic acids is 1. The highest BCUT2D eigenvalue weighted by atomic mass is 16.2. The van der Waals surface area contributed by atoms with Crippen molar-refractivity contribution >= 4 is 5.91 Å². The van der Waals surface area contributed by atoms with Crippen LogP contribution in [-0.4, -0.2) is 36.9 Å². The average Bonchev–Trinajstić information content (AvgIpc) is 3.34. The van der Waals surface area contributed by atoms with Crippen molar-refractivity contribution in [3.8, 4) is 5.69 Å². The molecule has 6 nitrogen and oxygen atoms in total. The molecule has 6 heteroatoms. The lowest BCUT2D eigenvalue weighted by Crippen LogP contribution is -2.30. The second-order valence-electron chi connectivity index (χ2n) is 6.51. The number of hydrogen-bond acceptors (Lipinski definition) is 3. The number of hydrogen-bond donors (Lipinski definition) is 0. The average molecular weight is 335 g/mol. The number of nitrogens with zero attached hydrogens (tertiary/aromatic N) is 5. The van der Waals surface area contributed by atoms with Crippen LogP contribution in [0.15, 0.2) is 48.9 Å². The Hall–Kier alpha value is -2.89. The molecule has 0 bridgehead atoms. The van der Waals surface area contributed by atoms with Crippen molar-refractivity contribution in [3.05, 3.63) is 65.7 Å². The Bertz CT molecular complexity index is 896. The van der Waals surface area contributed by atoms with Gasteiger partial charge in [0.1, 0.15) is 0 Å². The Morgan fingerprint density at radius 2 is 2.00 bits per heavy atom. The normalized spacial score (nSPS) is 17.2. The van der Waals surface area contributed by atoms with Gasteiger partial charge in [0.15, 0.2) is 0 Å². The Balaban J connectivity index is 1.63. The van der Waals surface area contributed by atoms with Gasteiger partial charge < -0.3 is 4.90 Å². The van der Waals surface area contributed by atoms with E-state index in [1.165, 1.54) is 0 Å². The summed E-state index contributed by atoms with van der Waals surface area (Å²) in [5, 5.41) is 8.78. The van der Waals surface area contributed by atoms with E-state index in [0.29, 0.717) is 5.56 Å². The third kappa shape index (κ3) is 2.84. The first-order chi connectivity index (χ1) is 12.1. The number of benzene rings is 1. The van der Waals surface area contributed by atoms with E-state index in [-0.39, 0.29) is 11.9 Å². The van der Waals surface area contributed by atoms with Gasteiger partial charge in [-0.1, -0.05) is 18.2 Å². The topological polar surface area (TPSA) is 56.0 Å². The molecule has 1 aromatic carbocycles. The Morgan fingerprint density at radius 3 is 2.72 bits per heavy atom. The Morgan fingerprint density at radius 1 is 1.20 bits per heavy atom. The predicted octanol–water partition coefficient (Wildman–Crippen LogP) is 2.89. The summed E-state index contributed by atoms with van der Waals surface area (Å²) < 4.78 is 3.56. The molecule has 0 saturated carbocycles. The first-order valence-electron chi connectivity index (χ1n) is 8.54. The minimum atomic E-state index is 0.0473. The van der Waals surface area contributed by atoms with Crippen molar-refractivity contribution in [1.29, 1.82) is 0 Å². The highest BCUT2D eigenvalue weighted by molar-refractivity contribution is 5.95. The number of aryl methyl sites for hydroxylation is 2. The van der Waals surface area contributed by atoms with Gasteiger partial charge in [0, 0.05) is 31.5 Å². The molecule has 1 saturated heterocycles. The molecule has 1 atom stereocenters. The quantitative estimate of drug-likeness (QED) is 0.739. The van der Waals surface area contributed by atoms with E-state index < -0.39 is 0 Å². The molecule has 1 aliphatic rings. The molecular weight excluding hydrogens is 314 g/mol. The van der Waals surface area contributed by atoms with Crippen LogP contribution in [0, 0.1) is 6.92 Å². The summed E-state index contributed by atoms with van der Waals surface area (Å²) in [7, 11) is 1.90. The minimum absolute atomic E-state index is 0.0473. The third-order valence-corrected chi connectivity index (χ3v) is 4.77. The molecule has 4 rings (SSSR count). The van der Waals surface area contributed by atoms with E-state index in [9.17, 15) is 4.79 Å². The van der Waals surface area contributed by atoms with Crippen molar-refractivity contribution in [2.24, 2.45) is 7.05 Å². The van der Waals surface area contributed by atoms with Crippen molar-refractivity contribution in [3.63, 3.8) is 0 Å². The van der Waals surface area contributed by atoms with Crippen molar-refractivity contribution in [2.75, 3.05) is 6.54 Å². The summed E-state index contributed by atoms with van der Waals surface area (Å²) in [4.78, 5) is 15.1. The summed E-state index contributed by atoms with van der Waals surface area (Å²) in [6, 6.07) is 9.96. The van der Waals surface area contributed by atoms with Crippen LogP contribution in [0.5, 0.6) is 0 Å². The molecule has 3 aromatic rings. The SMILES string of the molecule is Cc1nn(-c2ccccc2)cc1C(=O)N1CCC[C@@H]1c1cnn(C)c1. The monoisotopic (exact) mass is 335 g/mol. The van der Waals surface area contributed by atoms with Gasteiger partial charge in [-0.15, -0.1) is 0 Å². The van der Waals surface area contributed by atoms with Crippen LogP contribution in [0.3, 0.4) is 0 Å². The molecular formula is C19H21N5O. The standard InChI is InChI=1S/C19H21N5O/c1-14-17(13-24(21-14)16-7-4-3-5-8-16)19(25)23-10-6-9-18(23)15-11-20-22(2)12-15/h3-5,7-8,11-13,18H,6,9-10H2,1-2H3/t18-/m1/s1. The predicted molar refractivity (Wildman–Crippen MR) is 94.5 cm³/mol. The van der Waals surface area contributed by atoms with E-state index in [0.717, 1.165) is 36.3 Å². The van der Waals surface area contributed by atoms with Gasteiger partial charge in [0.2, 0.25) is 0 Å². The van der Waals surface area contributed by atoms with Gasteiger partial charge in [0.05, 0.1) is 29.2 Å². The fraction of sp³-hybridized carbons (Fsp3) is 0.316. The summed E-state index contributed by atoms with van der Waals surface area (Å²) in [5.41, 5.74) is 3.47. The zero-order chi connectivity index (χ0) is 17.4. The minimum Gasteiger partial charge on any atom is -0.331 e. The lowest BCUT2D eigenvalue weighted by atomic mass is 10.1. The second kappa shape index (κ2) is 6.20. The molecule has 0 aliphatic carbocycles. The van der Waals surface area contributed by atoms with Gasteiger partial charge in [0.25, 0.3) is 5.91 Å². The van der Waals surface area contributed by atoms with Crippen LogP contribution < -0.4 is 0 Å². The molecule has 3 heterocycles. The smallest absolute Gasteiger partial charge is 0.257 e. The number of aromatic nitrogens is 4. The first-order valence-corrected chi connectivity index (χ1v) is 8.54. The molecule has 128 valence electrons. The molecule has 0 spiro atoms. The van der Waals surface area contributed by atoms with E-state index in [1.807, 2.05) is 67.8 Å². The van der Waals surface area contributed by atoms with Gasteiger partial charge in [-0.2, -0.15) is 10.2 Å². The molecule has 1 aliphatic heterocycles. The van der Waals surface area contributed by atoms with Crippen LogP contribution in [0.4, 0.5) is 0 Å². The largest absolute Gasteiger partial charge is 0.331 e. The van der Waals surface area contributed by atoms with Crippen LogP contribution in [0.2, 0.25) is 0 Å². The number of likely N-dealkylation sites (tertiary alicyclic amines) is 1. The summed E-state index contributed by atoms with van der Waals surface area (Å²) in [6.07, 6.45) is 7.68. The molecule has 0 N–H and O–H groups in total. The van der Waals surface area contributed by atoms with Crippen molar-refractivity contribution < 1.29 is 4.79 Å². The number of rotatable bonds is 3. The summed E-state index contributed by atoms with van der Waals surface area (Å²) in [5.74, 6) is 0.0473. The highest BCUT2D eigenvalue weighted by Crippen LogP contribution is 2.33. The Labute approximate surface area is 146 Å². The molecule has 2 aromatic heterocycles. The molecule has 0 unspecified atom stereocenters. The maximum Gasteiger partial charge on any atom is 0.257 e. The maximum absolute atomic E-state index is 13.1. The van der Waals surface area contributed by atoms with E-state index in [1.54, 1.807) is 9.36 Å². The van der Waals surface area contributed by atoms with Gasteiger partial charge in [-0.3, -0.25) is 9.48 Å². The fourth-order valence-corrected chi connectivity index (χ4v) is 3.51. The Kier molecular flexibility index (Phi) is 3.87. The highest BCUT2D eigenvalue weighted by Gasteiger charge is 2.32. The molecule has 0 radical (unpaired) electrons. The van der Waals surface area contributed by atoms with Crippen molar-refractivity contribution in [2.45, 2.75) is 25.8 Å². The van der Waals surface area contributed by atoms with E-state index in [2.05, 4.69) is 10.2 Å². The zero-order valence-electron chi connectivity index (χ0n) is 14.5. The molecule has 1 fully saturated rings. The van der Waals surface area contributed by atoms with Crippen LogP contribution in [0.1, 0.15) is 40.5 Å². The van der Waals surface area contributed by atoms with Crippen LogP contribution >= 0.6 is 0 Å². The number of para-hydroxylation sites is 1. The first kappa shape index (κ1) is 15.6. The lowest BCUT2D eigenvalue weighted by Gasteiger charge is -2.23. The molecule has 25 heavy (non-hydrogen) atoms. The van der Waals surface area contributed by atoms with Crippen molar-refractivity contribution in [1.82, 2.24) is 24.5 Å². The second-order valence-corrected chi connectivity index (χ2v) is 6.51. The molecule has 1 amide bonds. The third-order valence-electron chi connectivity index (χ3n) is 4.77. The summed E-state index contributed by atoms with van der Waals surface area (Å²) >= 11 is 0. The zero-order valence-corrected chi connectivity index (χ0v) is 14.5. The number of amides is 1. The lowest BCUT2D eigenvalue weighted by molar-refractivity contribution is 0.0735. The van der Waals surface area contributed by atoms with Crippen LogP contribution in [0.25, 0.3) is 5.69 Å². The van der Waals surface area contributed by atoms with Gasteiger partial charge in [-0.25, -0.2) is 4.68 Å². The summed E-state index contributed by atoms with van der Waals surface area (Å²) in [6.45, 7) is 2.66. The van der Waals surface area contributed by atoms with E-state index in [4.69, 9.17) is 0 Å². The van der Waals surface area contributed by atoms with Crippen LogP contribution in [-0.2, 0) is 7.05 Å². The number of carbonyl (C=O) groups is 1. The van der Waals surface area contributed by atoms with Gasteiger partial charge in [-0.05, 0) is 31.9 Å². The maximum atomic E-state index is 13.1. The van der Waals surface area contributed by atoms with Gasteiger partial charge >= 0.3 is 0 Å². The van der Waals surface area contributed by atoms with E-state index >= 15 is 0 Å². The fourth-order valence-electron chi connectivity index (χ4n) is 3.51.